The van der Waals surface area contributed by atoms with Crippen molar-refractivity contribution < 1.29 is 31.2 Å². The maximum absolute atomic E-state index is 15.6. The molecule has 7 rings (SSSR count). The molecule has 0 saturated heterocycles. The summed E-state index contributed by atoms with van der Waals surface area (Å²) in [6, 6.07) is 54.7. The molecule has 3 nitrogen and oxygen atoms in total. The highest BCUT2D eigenvalue weighted by Gasteiger charge is 2.23. The van der Waals surface area contributed by atoms with Crippen molar-refractivity contribution >= 4 is 34.0 Å². The first-order valence-corrected chi connectivity index (χ1v) is 22.4. The van der Waals surface area contributed by atoms with Crippen molar-refractivity contribution in [1.29, 1.82) is 0 Å². The van der Waals surface area contributed by atoms with Gasteiger partial charge in [0.25, 0.3) is 0 Å². The summed E-state index contributed by atoms with van der Waals surface area (Å²) in [7, 11) is -1.33. The second-order valence-electron chi connectivity index (χ2n) is 14.5. The minimum Gasteiger partial charge on any atom is -0.457 e. The quantitative estimate of drug-likeness (QED) is 0.0674. The van der Waals surface area contributed by atoms with Gasteiger partial charge in [-0.3, -0.25) is 4.21 Å². The molecule has 3 unspecified atom stereocenters. The zero-order valence-electron chi connectivity index (χ0n) is 34.6. The fourth-order valence-corrected chi connectivity index (χ4v) is 8.08. The van der Waals surface area contributed by atoms with Gasteiger partial charge in [0.2, 0.25) is 0 Å². The highest BCUT2D eigenvalue weighted by atomic mass is 35.5. The van der Waals surface area contributed by atoms with Crippen LogP contribution in [-0.4, -0.2) is 9.96 Å². The zero-order chi connectivity index (χ0) is 45.3. The first-order valence-electron chi connectivity index (χ1n) is 20.3. The first kappa shape index (κ1) is 47.3. The summed E-state index contributed by atoms with van der Waals surface area (Å²) in [5.74, 6) is -2.52. The van der Waals surface area contributed by atoms with E-state index in [2.05, 4.69) is 6.58 Å². The summed E-state index contributed by atoms with van der Waals surface area (Å²) in [6.45, 7) is 3.64. The van der Waals surface area contributed by atoms with Gasteiger partial charge in [-0.1, -0.05) is 132 Å². The van der Waals surface area contributed by atoms with Gasteiger partial charge in [-0.2, -0.15) is 0 Å². The molecule has 3 atom stereocenters. The van der Waals surface area contributed by atoms with Crippen LogP contribution in [0.15, 0.2) is 229 Å². The fraction of sp³-hybridized carbons (Fsp3) is 0.111. The Morgan fingerprint density at radius 2 is 0.953 bits per heavy atom. The maximum Gasteiger partial charge on any atom is 0.143 e. The average molecular weight is 920 g/mol. The maximum atomic E-state index is 15.6. The lowest BCUT2D eigenvalue weighted by molar-refractivity contribution is 0.464. The van der Waals surface area contributed by atoms with E-state index in [9.17, 15) is 13.0 Å². The lowest BCUT2D eigenvalue weighted by Gasteiger charge is -2.17. The summed E-state index contributed by atoms with van der Waals surface area (Å²) >= 11 is 11.9. The Bertz CT molecular complexity index is 2660. The van der Waals surface area contributed by atoms with Crippen molar-refractivity contribution in [2.75, 3.05) is 5.75 Å². The lowest BCUT2D eigenvalue weighted by Crippen LogP contribution is -2.08. The van der Waals surface area contributed by atoms with Crippen molar-refractivity contribution in [2.45, 2.75) is 36.0 Å². The van der Waals surface area contributed by atoms with E-state index in [4.69, 9.17) is 32.7 Å². The summed E-state index contributed by atoms with van der Waals surface area (Å²) < 4.78 is 84.5. The second kappa shape index (κ2) is 24.0. The van der Waals surface area contributed by atoms with Crippen LogP contribution in [0.3, 0.4) is 0 Å². The third-order valence-corrected chi connectivity index (χ3v) is 11.8. The van der Waals surface area contributed by atoms with Crippen molar-refractivity contribution in [1.82, 2.24) is 0 Å². The molecule has 326 valence electrons. The Balaban J connectivity index is 0.000000219. The Morgan fingerprint density at radius 3 is 1.42 bits per heavy atom. The number of allylic oxidation sites excluding steroid dienone is 5. The van der Waals surface area contributed by atoms with E-state index in [-0.39, 0.29) is 25.0 Å². The van der Waals surface area contributed by atoms with Gasteiger partial charge in [0.1, 0.15) is 46.3 Å². The van der Waals surface area contributed by atoms with E-state index >= 15 is 8.78 Å². The highest BCUT2D eigenvalue weighted by Crippen LogP contribution is 2.35. The Labute approximate surface area is 384 Å². The topological polar surface area (TPSA) is 35.5 Å². The van der Waals surface area contributed by atoms with Crippen LogP contribution < -0.4 is 9.47 Å². The minimum atomic E-state index is -1.33. The van der Waals surface area contributed by atoms with E-state index in [1.54, 1.807) is 121 Å². The van der Waals surface area contributed by atoms with Crippen molar-refractivity contribution in [2.24, 2.45) is 0 Å². The smallest absolute Gasteiger partial charge is 0.143 e. The molecule has 0 amide bonds. The normalized spacial score (nSPS) is 13.2. The van der Waals surface area contributed by atoms with Crippen LogP contribution in [0.4, 0.5) is 17.6 Å². The second-order valence-corrected chi connectivity index (χ2v) is 16.9. The van der Waals surface area contributed by atoms with E-state index in [0.29, 0.717) is 60.2 Å². The summed E-state index contributed by atoms with van der Waals surface area (Å²) in [6.07, 6.45) is 1.17. The standard InChI is InChI=1S/C30H25ClF2O2S.C24H19ClF2O/c31-24-16-14-23(15-17-24)28(18-19-36(34)27-12-5-2-6-13-27)30(33)29(32)21-22-8-7-11-26(20-22)35-25-9-3-1-4-10-25;1-2-22(18-11-13-19(25)14-12-18)24(27)23(26)16-17-7-6-10-21(15-17)28-20-8-4-3-5-9-20/h1-17,20,28H,18-19,21H2;2-15,22H,1,16H2/b30-29+;24-23+. The molecule has 7 aromatic carbocycles. The molecule has 0 aliphatic carbocycles. The number of hydrogen-bond acceptors (Lipinski definition) is 3. The summed E-state index contributed by atoms with van der Waals surface area (Å²) in [5, 5.41) is 1.04. The van der Waals surface area contributed by atoms with E-state index in [0.717, 1.165) is 0 Å². The van der Waals surface area contributed by atoms with Crippen LogP contribution in [-0.2, 0) is 23.6 Å². The van der Waals surface area contributed by atoms with E-state index in [1.807, 2.05) is 66.7 Å². The first-order chi connectivity index (χ1) is 31.1. The fourth-order valence-electron chi connectivity index (χ4n) is 6.68. The van der Waals surface area contributed by atoms with Crippen LogP contribution in [0.1, 0.15) is 40.5 Å². The number of halogens is 6. The highest BCUT2D eigenvalue weighted by molar-refractivity contribution is 7.85. The van der Waals surface area contributed by atoms with Gasteiger partial charge < -0.3 is 9.47 Å². The number of para-hydroxylation sites is 2. The van der Waals surface area contributed by atoms with Crippen molar-refractivity contribution in [3.05, 3.63) is 256 Å². The number of rotatable bonds is 17. The number of benzene rings is 7. The lowest BCUT2D eigenvalue weighted by atomic mass is 9.93. The molecule has 0 aromatic heterocycles. The van der Waals surface area contributed by atoms with Crippen LogP contribution in [0.5, 0.6) is 23.0 Å². The van der Waals surface area contributed by atoms with Gasteiger partial charge >= 0.3 is 0 Å². The van der Waals surface area contributed by atoms with Gasteiger partial charge in [0.15, 0.2) is 0 Å². The van der Waals surface area contributed by atoms with Gasteiger partial charge in [0, 0.05) is 39.5 Å². The molecule has 7 aromatic rings. The number of hydrogen-bond donors (Lipinski definition) is 0. The van der Waals surface area contributed by atoms with Crippen molar-refractivity contribution in [3.63, 3.8) is 0 Å². The van der Waals surface area contributed by atoms with Crippen LogP contribution >= 0.6 is 23.2 Å². The van der Waals surface area contributed by atoms with Crippen LogP contribution in [0.2, 0.25) is 10.0 Å². The molecule has 0 aliphatic rings. The monoisotopic (exact) mass is 918 g/mol. The molecular formula is C54H44Cl2F4O3S. The Hall–Kier alpha value is -6.19. The van der Waals surface area contributed by atoms with Gasteiger partial charge in [-0.25, -0.2) is 17.6 Å². The van der Waals surface area contributed by atoms with Gasteiger partial charge in [-0.05, 0) is 114 Å². The Kier molecular flexibility index (Phi) is 17.8. The predicted octanol–water partition coefficient (Wildman–Crippen LogP) is 16.6. The van der Waals surface area contributed by atoms with Crippen LogP contribution in [0.25, 0.3) is 0 Å². The molecule has 0 fully saturated rings. The predicted molar refractivity (Wildman–Crippen MR) is 253 cm³/mol. The van der Waals surface area contributed by atoms with Gasteiger partial charge in [0.05, 0.1) is 16.7 Å². The molecule has 0 heterocycles. The molecular weight excluding hydrogens is 876 g/mol. The molecule has 0 radical (unpaired) electrons. The van der Waals surface area contributed by atoms with Gasteiger partial charge in [-0.15, -0.1) is 6.58 Å². The molecule has 0 aliphatic heterocycles. The van der Waals surface area contributed by atoms with E-state index in [1.165, 1.54) is 6.08 Å². The van der Waals surface area contributed by atoms with E-state index < -0.39 is 45.9 Å². The Morgan fingerprint density at radius 1 is 0.531 bits per heavy atom. The summed E-state index contributed by atoms with van der Waals surface area (Å²) in [4.78, 5) is 0.660. The molecule has 10 heteroatoms. The summed E-state index contributed by atoms with van der Waals surface area (Å²) in [5.41, 5.74) is 2.37. The molecule has 0 bridgehead atoms. The molecule has 64 heavy (non-hydrogen) atoms. The van der Waals surface area contributed by atoms with Crippen molar-refractivity contribution in [3.8, 4) is 23.0 Å². The average Bonchev–Trinajstić information content (AvgIpc) is 3.31. The molecule has 0 saturated carbocycles. The zero-order valence-corrected chi connectivity index (χ0v) is 36.9. The molecule has 0 N–H and O–H groups in total. The SMILES string of the molecule is C=CC(/C(F)=C(\F)Cc1cccc(Oc2ccccc2)c1)c1ccc(Cl)cc1.O=S(CCC(/C(F)=C(\F)Cc1cccc(Oc2ccccc2)c1)c1ccc(Cl)cc1)c1ccccc1. The third-order valence-electron chi connectivity index (χ3n) is 9.91. The minimum absolute atomic E-state index is 0.171. The van der Waals surface area contributed by atoms with Crippen LogP contribution in [0, 0.1) is 0 Å². The number of ether oxygens (including phenoxy) is 2. The largest absolute Gasteiger partial charge is 0.457 e. The molecule has 0 spiro atoms. The third kappa shape index (κ3) is 14.2.